The summed E-state index contributed by atoms with van der Waals surface area (Å²) in [7, 11) is -1.92. The fourth-order valence-electron chi connectivity index (χ4n) is 1.95. The van der Waals surface area contributed by atoms with Gasteiger partial charge in [0.25, 0.3) is 0 Å². The maximum atomic E-state index is 12.6. The Balaban J connectivity index is 2.74. The van der Waals surface area contributed by atoms with E-state index in [-0.39, 0.29) is 6.04 Å². The van der Waals surface area contributed by atoms with E-state index in [1.165, 1.54) is 4.31 Å². The van der Waals surface area contributed by atoms with Crippen molar-refractivity contribution in [2.75, 3.05) is 12.8 Å². The first-order valence-electron chi connectivity index (χ1n) is 6.11. The Morgan fingerprint density at radius 1 is 1.05 bits per heavy atom. The fraction of sp³-hybridized carbons (Fsp3) is 0.286. The number of nitrogen functional groups attached to an aromatic ring is 1. The quantitative estimate of drug-likeness (QED) is 0.877. The zero-order valence-corrected chi connectivity index (χ0v) is 12.1. The van der Waals surface area contributed by atoms with Crippen LogP contribution >= 0.6 is 0 Å². The highest BCUT2D eigenvalue weighted by Crippen LogP contribution is 2.29. The molecule has 0 bridgehead atoms. The Hall–Kier alpha value is -1.59. The van der Waals surface area contributed by atoms with E-state index in [0.717, 1.165) is 5.39 Å². The molecule has 5 heteroatoms. The van der Waals surface area contributed by atoms with Crippen molar-refractivity contribution in [3.63, 3.8) is 0 Å². The smallest absolute Gasteiger partial charge is 0.243 e. The van der Waals surface area contributed by atoms with Gasteiger partial charge in [-0.05, 0) is 26.0 Å². The van der Waals surface area contributed by atoms with Gasteiger partial charge < -0.3 is 5.73 Å². The number of sulfonamides is 1. The van der Waals surface area contributed by atoms with Gasteiger partial charge in [-0.2, -0.15) is 4.31 Å². The van der Waals surface area contributed by atoms with Gasteiger partial charge >= 0.3 is 0 Å². The molecule has 2 aromatic carbocycles. The van der Waals surface area contributed by atoms with E-state index in [0.29, 0.717) is 16.0 Å². The first-order chi connectivity index (χ1) is 8.85. The lowest BCUT2D eigenvalue weighted by Crippen LogP contribution is -2.33. The number of anilines is 1. The number of nitrogens with zero attached hydrogens (tertiary/aromatic N) is 1. The van der Waals surface area contributed by atoms with Crippen LogP contribution in [0.2, 0.25) is 0 Å². The summed E-state index contributed by atoms with van der Waals surface area (Å²) in [5, 5.41) is 1.43. The van der Waals surface area contributed by atoms with Crippen molar-refractivity contribution in [3.8, 4) is 0 Å². The summed E-state index contributed by atoms with van der Waals surface area (Å²) in [6, 6.07) is 10.4. The minimum atomic E-state index is -3.50. The van der Waals surface area contributed by atoms with Gasteiger partial charge in [0.15, 0.2) is 0 Å². The number of fused-ring (bicyclic) bond motifs is 1. The maximum Gasteiger partial charge on any atom is 0.243 e. The van der Waals surface area contributed by atoms with Gasteiger partial charge in [-0.1, -0.05) is 24.3 Å². The molecule has 0 unspecified atom stereocenters. The molecule has 0 aliphatic rings. The molecule has 102 valence electrons. The van der Waals surface area contributed by atoms with Gasteiger partial charge in [-0.3, -0.25) is 0 Å². The number of hydrogen-bond acceptors (Lipinski definition) is 3. The van der Waals surface area contributed by atoms with Gasteiger partial charge in [0.1, 0.15) is 0 Å². The van der Waals surface area contributed by atoms with Crippen LogP contribution in [0.4, 0.5) is 5.69 Å². The van der Waals surface area contributed by atoms with Crippen molar-refractivity contribution in [3.05, 3.63) is 36.4 Å². The summed E-state index contributed by atoms with van der Waals surface area (Å²) in [6.07, 6.45) is 0. The van der Waals surface area contributed by atoms with Gasteiger partial charge in [-0.25, -0.2) is 8.42 Å². The SMILES string of the molecule is CC(C)N(C)S(=O)(=O)c1ccc(N)c2ccccc12. The van der Waals surface area contributed by atoms with Gasteiger partial charge in [0, 0.05) is 29.5 Å². The molecule has 2 aromatic rings. The number of rotatable bonds is 3. The number of nitrogens with two attached hydrogens (primary N) is 1. The first kappa shape index (κ1) is 13.8. The Morgan fingerprint density at radius 3 is 2.21 bits per heavy atom. The van der Waals surface area contributed by atoms with Crippen LogP contribution in [0, 0.1) is 0 Å². The average molecular weight is 278 g/mol. The zero-order chi connectivity index (χ0) is 14.2. The molecule has 0 radical (unpaired) electrons. The summed E-state index contributed by atoms with van der Waals surface area (Å²) in [5.74, 6) is 0. The maximum absolute atomic E-state index is 12.6. The highest BCUT2D eigenvalue weighted by Gasteiger charge is 2.25. The Kier molecular flexibility index (Phi) is 3.52. The Bertz CT molecular complexity index is 708. The van der Waals surface area contributed by atoms with Crippen LogP contribution in [0.15, 0.2) is 41.3 Å². The molecule has 0 spiro atoms. The molecule has 0 aliphatic carbocycles. The average Bonchev–Trinajstić information content (AvgIpc) is 2.38. The molecule has 0 aromatic heterocycles. The molecule has 0 heterocycles. The Labute approximate surface area is 113 Å². The third kappa shape index (κ3) is 2.31. The van der Waals surface area contributed by atoms with Crippen molar-refractivity contribution in [1.29, 1.82) is 0 Å². The van der Waals surface area contributed by atoms with Gasteiger partial charge in [0.2, 0.25) is 10.0 Å². The third-order valence-corrected chi connectivity index (χ3v) is 5.39. The van der Waals surface area contributed by atoms with E-state index in [2.05, 4.69) is 0 Å². The molecule has 0 saturated heterocycles. The van der Waals surface area contributed by atoms with Gasteiger partial charge in [-0.15, -0.1) is 0 Å². The molecule has 4 nitrogen and oxygen atoms in total. The fourth-order valence-corrected chi connectivity index (χ4v) is 3.51. The number of hydrogen-bond donors (Lipinski definition) is 1. The summed E-state index contributed by atoms with van der Waals surface area (Å²) in [6.45, 7) is 3.69. The molecule has 2 rings (SSSR count). The van der Waals surface area contributed by atoms with Crippen LogP contribution < -0.4 is 5.73 Å². The molecule has 0 aliphatic heterocycles. The van der Waals surface area contributed by atoms with E-state index in [4.69, 9.17) is 5.73 Å². The normalized spacial score (nSPS) is 12.5. The van der Waals surface area contributed by atoms with Crippen LogP contribution in [0.5, 0.6) is 0 Å². The minimum Gasteiger partial charge on any atom is -0.398 e. The number of benzene rings is 2. The third-order valence-electron chi connectivity index (χ3n) is 3.30. The van der Waals surface area contributed by atoms with Gasteiger partial charge in [0.05, 0.1) is 4.90 Å². The highest BCUT2D eigenvalue weighted by molar-refractivity contribution is 7.89. The summed E-state index contributed by atoms with van der Waals surface area (Å²) < 4.78 is 26.5. The van der Waals surface area contributed by atoms with E-state index in [1.807, 2.05) is 32.0 Å². The van der Waals surface area contributed by atoms with Crippen LogP contribution in [-0.4, -0.2) is 25.8 Å². The summed E-state index contributed by atoms with van der Waals surface area (Å²) in [4.78, 5) is 0.300. The van der Waals surface area contributed by atoms with Crippen molar-refractivity contribution >= 4 is 26.5 Å². The van der Waals surface area contributed by atoms with Crippen LogP contribution in [0.3, 0.4) is 0 Å². The monoisotopic (exact) mass is 278 g/mol. The molecule has 0 atom stereocenters. The standard InChI is InChI=1S/C14H18N2O2S/c1-10(2)16(3)19(17,18)14-9-8-13(15)11-6-4-5-7-12(11)14/h4-10H,15H2,1-3H3. The molecular weight excluding hydrogens is 260 g/mol. The van der Waals surface area contributed by atoms with Crippen molar-refractivity contribution in [2.45, 2.75) is 24.8 Å². The largest absolute Gasteiger partial charge is 0.398 e. The molecule has 0 amide bonds. The second kappa shape index (κ2) is 4.83. The molecule has 0 saturated carbocycles. The minimum absolute atomic E-state index is 0.0960. The lowest BCUT2D eigenvalue weighted by Gasteiger charge is -2.22. The van der Waals surface area contributed by atoms with Crippen molar-refractivity contribution < 1.29 is 8.42 Å². The van der Waals surface area contributed by atoms with Crippen molar-refractivity contribution in [2.24, 2.45) is 0 Å². The highest BCUT2D eigenvalue weighted by atomic mass is 32.2. The predicted molar refractivity (Wildman–Crippen MR) is 78.4 cm³/mol. The molecule has 0 fully saturated rings. The van der Waals surface area contributed by atoms with Crippen LogP contribution in [-0.2, 0) is 10.0 Å². The lowest BCUT2D eigenvalue weighted by molar-refractivity contribution is 0.411. The summed E-state index contributed by atoms with van der Waals surface area (Å²) in [5.41, 5.74) is 6.48. The van der Waals surface area contributed by atoms with Crippen LogP contribution in [0.1, 0.15) is 13.8 Å². The first-order valence-corrected chi connectivity index (χ1v) is 7.55. The van der Waals surface area contributed by atoms with E-state index in [9.17, 15) is 8.42 Å². The second-order valence-corrected chi connectivity index (χ2v) is 6.78. The predicted octanol–water partition coefficient (Wildman–Crippen LogP) is 2.45. The van der Waals surface area contributed by atoms with Crippen molar-refractivity contribution in [1.82, 2.24) is 4.31 Å². The zero-order valence-electron chi connectivity index (χ0n) is 11.3. The van der Waals surface area contributed by atoms with E-state index >= 15 is 0 Å². The van der Waals surface area contributed by atoms with E-state index < -0.39 is 10.0 Å². The summed E-state index contributed by atoms with van der Waals surface area (Å²) >= 11 is 0. The Morgan fingerprint density at radius 2 is 1.63 bits per heavy atom. The topological polar surface area (TPSA) is 63.4 Å². The molecular formula is C14H18N2O2S. The lowest BCUT2D eigenvalue weighted by atomic mass is 10.1. The van der Waals surface area contributed by atoms with Crippen LogP contribution in [0.25, 0.3) is 10.8 Å². The second-order valence-electron chi connectivity index (χ2n) is 4.81. The molecule has 19 heavy (non-hydrogen) atoms. The van der Waals surface area contributed by atoms with E-state index in [1.54, 1.807) is 25.2 Å². The molecule has 2 N–H and O–H groups in total.